The van der Waals surface area contributed by atoms with E-state index in [9.17, 15) is 0 Å². The number of fused-ring (bicyclic) bond motifs is 1. The van der Waals surface area contributed by atoms with Crippen LogP contribution in [0.25, 0.3) is 5.70 Å². The summed E-state index contributed by atoms with van der Waals surface area (Å²) in [6.07, 6.45) is 0. The first-order valence-corrected chi connectivity index (χ1v) is 6.82. The molecular formula is C14H16N2S. The molecule has 0 atom stereocenters. The van der Waals surface area contributed by atoms with Crippen LogP contribution in [-0.4, -0.2) is 23.2 Å². The summed E-state index contributed by atoms with van der Waals surface area (Å²) in [6.45, 7) is 8.52. The molecule has 88 valence electrons. The van der Waals surface area contributed by atoms with Crippen molar-refractivity contribution in [1.29, 1.82) is 0 Å². The molecule has 0 fully saturated rings. The van der Waals surface area contributed by atoms with Gasteiger partial charge < -0.3 is 4.90 Å². The van der Waals surface area contributed by atoms with Crippen molar-refractivity contribution < 1.29 is 0 Å². The Morgan fingerprint density at radius 1 is 1.18 bits per heavy atom. The average Bonchev–Trinajstić information content (AvgIpc) is 2.80. The van der Waals surface area contributed by atoms with Gasteiger partial charge in [-0.1, -0.05) is 29.5 Å². The van der Waals surface area contributed by atoms with Crippen LogP contribution in [0, 0.1) is 20.8 Å². The van der Waals surface area contributed by atoms with E-state index in [2.05, 4.69) is 48.2 Å². The molecule has 1 aromatic carbocycles. The number of aliphatic imine (C=N–C) groups is 1. The SMILES string of the molecule is Cc1cc(C)c(C2=CSC3=NCCN23)c(C)c1. The number of rotatable bonds is 1. The number of benzene rings is 1. The van der Waals surface area contributed by atoms with Crippen molar-refractivity contribution in [3.8, 4) is 0 Å². The third kappa shape index (κ3) is 1.69. The van der Waals surface area contributed by atoms with Gasteiger partial charge in [0.25, 0.3) is 0 Å². The Morgan fingerprint density at radius 3 is 2.59 bits per heavy atom. The Labute approximate surface area is 106 Å². The minimum Gasteiger partial charge on any atom is -0.318 e. The summed E-state index contributed by atoms with van der Waals surface area (Å²) in [6, 6.07) is 4.53. The van der Waals surface area contributed by atoms with Crippen LogP contribution in [0.3, 0.4) is 0 Å². The number of hydrogen-bond donors (Lipinski definition) is 0. The summed E-state index contributed by atoms with van der Waals surface area (Å²) in [7, 11) is 0. The van der Waals surface area contributed by atoms with E-state index in [1.54, 1.807) is 11.8 Å². The minimum absolute atomic E-state index is 0.934. The zero-order valence-electron chi connectivity index (χ0n) is 10.4. The second-order valence-corrected chi connectivity index (χ2v) is 5.55. The van der Waals surface area contributed by atoms with Crippen molar-refractivity contribution in [3.63, 3.8) is 0 Å². The molecule has 3 heteroatoms. The van der Waals surface area contributed by atoms with Crippen molar-refractivity contribution in [2.75, 3.05) is 13.1 Å². The molecule has 3 rings (SSSR count). The zero-order chi connectivity index (χ0) is 12.0. The molecule has 0 radical (unpaired) electrons. The average molecular weight is 244 g/mol. The van der Waals surface area contributed by atoms with Crippen molar-refractivity contribution in [2.24, 2.45) is 4.99 Å². The minimum atomic E-state index is 0.934. The predicted octanol–water partition coefficient (Wildman–Crippen LogP) is 3.33. The second kappa shape index (κ2) is 3.91. The quantitative estimate of drug-likeness (QED) is 0.753. The highest BCUT2D eigenvalue weighted by Crippen LogP contribution is 2.37. The van der Waals surface area contributed by atoms with E-state index in [-0.39, 0.29) is 0 Å². The summed E-state index contributed by atoms with van der Waals surface area (Å²) in [5, 5.41) is 3.40. The first-order chi connectivity index (χ1) is 8.16. The maximum atomic E-state index is 4.50. The van der Waals surface area contributed by atoms with E-state index in [1.807, 2.05) is 0 Å². The number of hydrogen-bond acceptors (Lipinski definition) is 3. The van der Waals surface area contributed by atoms with Gasteiger partial charge in [0.05, 0.1) is 12.2 Å². The predicted molar refractivity (Wildman–Crippen MR) is 75.2 cm³/mol. The normalized spacial score (nSPS) is 18.2. The van der Waals surface area contributed by atoms with Crippen LogP contribution in [0.2, 0.25) is 0 Å². The first kappa shape index (κ1) is 10.9. The standard InChI is InChI=1S/C14H16N2S/c1-9-6-10(2)13(11(3)7-9)12-8-17-14-15-4-5-16(12)14/h6-8H,4-5H2,1-3H3. The molecule has 2 heterocycles. The van der Waals surface area contributed by atoms with Gasteiger partial charge in [-0.15, -0.1) is 0 Å². The third-order valence-corrected chi connectivity index (χ3v) is 4.20. The van der Waals surface area contributed by atoms with Gasteiger partial charge in [-0.2, -0.15) is 0 Å². The fraction of sp³-hybridized carbons (Fsp3) is 0.357. The molecule has 2 nitrogen and oxygen atoms in total. The summed E-state index contributed by atoms with van der Waals surface area (Å²) in [5.74, 6) is 0. The topological polar surface area (TPSA) is 15.6 Å². The largest absolute Gasteiger partial charge is 0.318 e. The van der Waals surface area contributed by atoms with E-state index >= 15 is 0 Å². The Hall–Kier alpha value is -1.22. The van der Waals surface area contributed by atoms with Gasteiger partial charge in [0.15, 0.2) is 5.17 Å². The Kier molecular flexibility index (Phi) is 2.51. The van der Waals surface area contributed by atoms with E-state index in [0.29, 0.717) is 0 Å². The maximum Gasteiger partial charge on any atom is 0.168 e. The van der Waals surface area contributed by atoms with E-state index < -0.39 is 0 Å². The van der Waals surface area contributed by atoms with Crippen LogP contribution >= 0.6 is 11.8 Å². The molecule has 0 saturated carbocycles. The highest BCUT2D eigenvalue weighted by molar-refractivity contribution is 8.16. The molecule has 0 bridgehead atoms. The van der Waals surface area contributed by atoms with Crippen molar-refractivity contribution in [1.82, 2.24) is 4.90 Å². The molecule has 0 unspecified atom stereocenters. The first-order valence-electron chi connectivity index (χ1n) is 5.94. The van der Waals surface area contributed by atoms with Crippen molar-refractivity contribution >= 4 is 22.6 Å². The van der Waals surface area contributed by atoms with Crippen molar-refractivity contribution in [3.05, 3.63) is 39.8 Å². The van der Waals surface area contributed by atoms with Gasteiger partial charge >= 0.3 is 0 Å². The Morgan fingerprint density at radius 2 is 1.88 bits per heavy atom. The van der Waals surface area contributed by atoms with Gasteiger partial charge in [0, 0.05) is 17.5 Å². The van der Waals surface area contributed by atoms with Gasteiger partial charge in [0.2, 0.25) is 0 Å². The molecule has 0 saturated heterocycles. The van der Waals surface area contributed by atoms with E-state index in [4.69, 9.17) is 0 Å². The van der Waals surface area contributed by atoms with Crippen LogP contribution in [0.15, 0.2) is 22.5 Å². The van der Waals surface area contributed by atoms with Gasteiger partial charge in [-0.25, -0.2) is 0 Å². The van der Waals surface area contributed by atoms with Crippen LogP contribution in [-0.2, 0) is 0 Å². The molecule has 2 aliphatic heterocycles. The molecule has 17 heavy (non-hydrogen) atoms. The molecule has 0 aromatic heterocycles. The number of thioether (sulfide) groups is 1. The summed E-state index contributed by atoms with van der Waals surface area (Å²) < 4.78 is 0. The van der Waals surface area contributed by atoms with E-state index in [0.717, 1.165) is 13.1 Å². The van der Waals surface area contributed by atoms with Crippen LogP contribution in [0.4, 0.5) is 0 Å². The van der Waals surface area contributed by atoms with Gasteiger partial charge in [0.1, 0.15) is 0 Å². The molecular weight excluding hydrogens is 228 g/mol. The molecule has 1 aromatic rings. The highest BCUT2D eigenvalue weighted by Gasteiger charge is 2.28. The Balaban J connectivity index is 2.09. The Bertz CT molecular complexity index is 520. The van der Waals surface area contributed by atoms with Gasteiger partial charge in [-0.3, -0.25) is 4.99 Å². The number of amidine groups is 1. The monoisotopic (exact) mass is 244 g/mol. The molecule has 2 aliphatic rings. The lowest BCUT2D eigenvalue weighted by Gasteiger charge is -2.20. The summed E-state index contributed by atoms with van der Waals surface area (Å²) in [5.41, 5.74) is 6.78. The third-order valence-electron chi connectivity index (χ3n) is 3.30. The fourth-order valence-electron chi connectivity index (χ4n) is 2.70. The number of aryl methyl sites for hydroxylation is 3. The maximum absolute atomic E-state index is 4.50. The lowest BCUT2D eigenvalue weighted by atomic mass is 9.97. The van der Waals surface area contributed by atoms with Crippen molar-refractivity contribution in [2.45, 2.75) is 20.8 Å². The highest BCUT2D eigenvalue weighted by atomic mass is 32.2. The van der Waals surface area contributed by atoms with Crippen LogP contribution in [0.5, 0.6) is 0 Å². The summed E-state index contributed by atoms with van der Waals surface area (Å²) in [4.78, 5) is 6.85. The number of nitrogens with zero attached hydrogens (tertiary/aromatic N) is 2. The van der Waals surface area contributed by atoms with E-state index in [1.165, 1.54) is 33.1 Å². The van der Waals surface area contributed by atoms with Crippen LogP contribution in [0.1, 0.15) is 22.3 Å². The smallest absolute Gasteiger partial charge is 0.168 e. The molecule has 0 N–H and O–H groups in total. The summed E-state index contributed by atoms with van der Waals surface area (Å²) >= 11 is 1.75. The fourth-order valence-corrected chi connectivity index (χ4v) is 3.65. The van der Waals surface area contributed by atoms with Gasteiger partial charge in [-0.05, 0) is 31.9 Å². The lowest BCUT2D eigenvalue weighted by Crippen LogP contribution is -2.20. The zero-order valence-corrected chi connectivity index (χ0v) is 11.3. The van der Waals surface area contributed by atoms with Crippen LogP contribution < -0.4 is 0 Å². The molecule has 0 aliphatic carbocycles. The molecule has 0 spiro atoms. The lowest BCUT2D eigenvalue weighted by molar-refractivity contribution is 0.648. The molecule has 0 amide bonds. The second-order valence-electron chi connectivity index (χ2n) is 4.71.